The first kappa shape index (κ1) is 20.5. The third-order valence-corrected chi connectivity index (χ3v) is 3.02. The van der Waals surface area contributed by atoms with Gasteiger partial charge in [0.1, 0.15) is 0 Å². The van der Waals surface area contributed by atoms with E-state index in [1.165, 1.54) is 0 Å². The number of ether oxygens (including phenoxy) is 2. The van der Waals surface area contributed by atoms with Crippen molar-refractivity contribution in [2.24, 2.45) is 0 Å². The summed E-state index contributed by atoms with van der Waals surface area (Å²) in [5.74, 6) is -0.476. The number of rotatable bonds is 12. The Morgan fingerprint density at radius 3 is 1.43 bits per heavy atom. The lowest BCUT2D eigenvalue weighted by molar-refractivity contribution is -0.144. The Balaban J connectivity index is 3.26. The van der Waals surface area contributed by atoms with Gasteiger partial charge in [-0.05, 0) is 26.7 Å². The van der Waals surface area contributed by atoms with Crippen LogP contribution >= 0.6 is 23.2 Å². The van der Waals surface area contributed by atoms with Gasteiger partial charge in [0.05, 0.1) is 26.1 Å². The van der Waals surface area contributed by atoms with E-state index in [-0.39, 0.29) is 35.5 Å². The summed E-state index contributed by atoms with van der Waals surface area (Å²) in [5.41, 5.74) is 0. The van der Waals surface area contributed by atoms with E-state index < -0.39 is 0 Å². The molecule has 0 N–H and O–H groups in total. The second-order valence-corrected chi connectivity index (χ2v) is 6.67. The van der Waals surface area contributed by atoms with Gasteiger partial charge in [0.15, 0.2) is 0 Å². The Morgan fingerprint density at radius 1 is 0.762 bits per heavy atom. The Kier molecular flexibility index (Phi) is 12.9. The fourth-order valence-corrected chi connectivity index (χ4v) is 1.94. The van der Waals surface area contributed by atoms with Crippen LogP contribution < -0.4 is 0 Å². The van der Waals surface area contributed by atoms with Crippen molar-refractivity contribution in [3.63, 3.8) is 0 Å². The fourth-order valence-electron chi connectivity index (χ4n) is 1.68. The van der Waals surface area contributed by atoms with Crippen LogP contribution in [-0.4, -0.2) is 35.9 Å². The van der Waals surface area contributed by atoms with Crippen LogP contribution in [0.4, 0.5) is 0 Å². The number of halogens is 2. The van der Waals surface area contributed by atoms with Crippen LogP contribution in [0.15, 0.2) is 0 Å². The van der Waals surface area contributed by atoms with Crippen LogP contribution in [0.1, 0.15) is 58.8 Å². The summed E-state index contributed by atoms with van der Waals surface area (Å²) >= 11 is 11.4. The van der Waals surface area contributed by atoms with Gasteiger partial charge in [0.2, 0.25) is 0 Å². The minimum Gasteiger partial charge on any atom is -0.466 e. The zero-order valence-corrected chi connectivity index (χ0v) is 14.4. The summed E-state index contributed by atoms with van der Waals surface area (Å²) in [7, 11) is 0. The Morgan fingerprint density at radius 2 is 1.10 bits per heavy atom. The number of hydrogen-bond acceptors (Lipinski definition) is 4. The predicted molar refractivity (Wildman–Crippen MR) is 84.9 cm³/mol. The topological polar surface area (TPSA) is 52.6 Å². The van der Waals surface area contributed by atoms with Crippen LogP contribution in [0.3, 0.4) is 0 Å². The Labute approximate surface area is 137 Å². The lowest BCUT2D eigenvalue weighted by atomic mass is 10.1. The van der Waals surface area contributed by atoms with Crippen LogP contribution in [0, 0.1) is 0 Å². The number of carbonyl (C=O) groups excluding carboxylic acids is 2. The molecule has 0 spiro atoms. The molecule has 0 aliphatic carbocycles. The molecule has 0 bridgehead atoms. The Bertz CT molecular complexity index is 265. The quantitative estimate of drug-likeness (QED) is 0.305. The average molecular weight is 341 g/mol. The summed E-state index contributed by atoms with van der Waals surface area (Å²) in [5, 5.41) is -0.357. The Hall–Kier alpha value is -0.480. The summed E-state index contributed by atoms with van der Waals surface area (Å²) in [6, 6.07) is 0. The van der Waals surface area contributed by atoms with Crippen molar-refractivity contribution < 1.29 is 19.1 Å². The van der Waals surface area contributed by atoms with E-state index >= 15 is 0 Å². The van der Waals surface area contributed by atoms with Gasteiger partial charge in [-0.15, -0.1) is 23.2 Å². The van der Waals surface area contributed by atoms with Crippen LogP contribution in [0.5, 0.6) is 0 Å². The van der Waals surface area contributed by atoms with Crippen LogP contribution in [0.25, 0.3) is 0 Å². The van der Waals surface area contributed by atoms with E-state index in [2.05, 4.69) is 0 Å². The molecule has 4 nitrogen and oxygen atoms in total. The summed E-state index contributed by atoms with van der Waals surface area (Å²) in [4.78, 5) is 22.4. The van der Waals surface area contributed by atoms with E-state index in [0.717, 1.165) is 32.1 Å². The van der Waals surface area contributed by atoms with E-state index in [0.29, 0.717) is 13.2 Å². The first-order valence-corrected chi connectivity index (χ1v) is 8.38. The molecule has 0 heterocycles. The maximum absolute atomic E-state index is 11.2. The predicted octanol–water partition coefficient (Wildman–Crippen LogP) is 4.06. The SMILES string of the molecule is CC(Cl)CC(=O)OCCCCCCCOC(=O)CC(C)Cl. The number of carbonyl (C=O) groups is 2. The lowest BCUT2D eigenvalue weighted by Gasteiger charge is -2.07. The highest BCUT2D eigenvalue weighted by atomic mass is 35.5. The van der Waals surface area contributed by atoms with E-state index in [1.807, 2.05) is 0 Å². The van der Waals surface area contributed by atoms with Crippen molar-refractivity contribution >= 4 is 35.1 Å². The van der Waals surface area contributed by atoms with Gasteiger partial charge in [-0.2, -0.15) is 0 Å². The maximum Gasteiger partial charge on any atom is 0.307 e. The highest BCUT2D eigenvalue weighted by Gasteiger charge is 2.07. The zero-order valence-electron chi connectivity index (χ0n) is 12.9. The molecular weight excluding hydrogens is 315 g/mol. The zero-order chi connectivity index (χ0) is 16.1. The van der Waals surface area contributed by atoms with Crippen molar-refractivity contribution in [2.45, 2.75) is 69.5 Å². The standard InChI is InChI=1S/C15H26Cl2O4/c1-12(16)10-14(18)20-8-6-4-3-5-7-9-21-15(19)11-13(2)17/h12-13H,3-11H2,1-2H3. The average Bonchev–Trinajstić information content (AvgIpc) is 2.34. The van der Waals surface area contributed by atoms with Crippen molar-refractivity contribution in [2.75, 3.05) is 13.2 Å². The molecule has 0 amide bonds. The van der Waals surface area contributed by atoms with Gasteiger partial charge in [-0.25, -0.2) is 0 Å². The molecule has 2 unspecified atom stereocenters. The van der Waals surface area contributed by atoms with Gasteiger partial charge >= 0.3 is 11.9 Å². The first-order valence-electron chi connectivity index (χ1n) is 7.51. The molecule has 124 valence electrons. The normalized spacial score (nSPS) is 13.5. The first-order chi connectivity index (χ1) is 9.91. The minimum atomic E-state index is -0.238. The molecule has 0 rings (SSSR count). The van der Waals surface area contributed by atoms with Crippen LogP contribution in [-0.2, 0) is 19.1 Å². The third kappa shape index (κ3) is 15.7. The van der Waals surface area contributed by atoms with Gasteiger partial charge in [0.25, 0.3) is 0 Å². The van der Waals surface area contributed by atoms with Crippen LogP contribution in [0.2, 0.25) is 0 Å². The third-order valence-electron chi connectivity index (χ3n) is 2.71. The summed E-state index contributed by atoms with van der Waals surface area (Å²) < 4.78 is 10.1. The molecule has 0 aromatic rings. The highest BCUT2D eigenvalue weighted by molar-refractivity contribution is 6.21. The van der Waals surface area contributed by atoms with Gasteiger partial charge in [-0.1, -0.05) is 19.3 Å². The molecule has 21 heavy (non-hydrogen) atoms. The van der Waals surface area contributed by atoms with Gasteiger partial charge in [-0.3, -0.25) is 9.59 Å². The molecule has 2 atom stereocenters. The summed E-state index contributed by atoms with van der Waals surface area (Å²) in [6.07, 6.45) is 5.25. The number of esters is 2. The molecule has 0 aromatic heterocycles. The molecule has 0 saturated carbocycles. The molecule has 0 aromatic carbocycles. The highest BCUT2D eigenvalue weighted by Crippen LogP contribution is 2.07. The number of alkyl halides is 2. The van der Waals surface area contributed by atoms with Crippen molar-refractivity contribution in [1.29, 1.82) is 0 Å². The monoisotopic (exact) mass is 340 g/mol. The molecule has 0 saturated heterocycles. The van der Waals surface area contributed by atoms with Gasteiger partial charge in [0, 0.05) is 10.8 Å². The smallest absolute Gasteiger partial charge is 0.307 e. The molecular formula is C15H26Cl2O4. The van der Waals surface area contributed by atoms with E-state index in [1.54, 1.807) is 13.8 Å². The van der Waals surface area contributed by atoms with Crippen molar-refractivity contribution in [1.82, 2.24) is 0 Å². The number of hydrogen-bond donors (Lipinski definition) is 0. The second kappa shape index (κ2) is 13.2. The molecule has 0 aliphatic heterocycles. The lowest BCUT2D eigenvalue weighted by Crippen LogP contribution is -2.10. The van der Waals surface area contributed by atoms with E-state index in [4.69, 9.17) is 32.7 Å². The number of unbranched alkanes of at least 4 members (excludes halogenated alkanes) is 4. The molecule has 0 radical (unpaired) electrons. The van der Waals surface area contributed by atoms with Crippen molar-refractivity contribution in [3.05, 3.63) is 0 Å². The summed E-state index contributed by atoms with van der Waals surface area (Å²) in [6.45, 7) is 4.43. The molecule has 6 heteroatoms. The molecule has 0 fully saturated rings. The fraction of sp³-hybridized carbons (Fsp3) is 0.867. The second-order valence-electron chi connectivity index (χ2n) is 5.18. The maximum atomic E-state index is 11.2. The van der Waals surface area contributed by atoms with E-state index in [9.17, 15) is 9.59 Å². The van der Waals surface area contributed by atoms with Gasteiger partial charge < -0.3 is 9.47 Å². The minimum absolute atomic E-state index is 0.179. The largest absolute Gasteiger partial charge is 0.466 e. The van der Waals surface area contributed by atoms with Crippen molar-refractivity contribution in [3.8, 4) is 0 Å². The molecule has 0 aliphatic rings.